The second kappa shape index (κ2) is 5.93. The summed E-state index contributed by atoms with van der Waals surface area (Å²) >= 11 is 1.53. The highest BCUT2D eigenvalue weighted by molar-refractivity contribution is 7.99. The van der Waals surface area contributed by atoms with E-state index < -0.39 is 6.17 Å². The first-order valence-corrected chi connectivity index (χ1v) is 7.73. The van der Waals surface area contributed by atoms with E-state index in [1.807, 2.05) is 18.2 Å². The molecule has 20 heavy (non-hydrogen) atoms. The largest absolute Gasteiger partial charge is 0.314 e. The molecule has 3 rings (SSSR count). The minimum Gasteiger partial charge on any atom is -0.314 e. The molecule has 1 aromatic heterocycles. The first kappa shape index (κ1) is 13.6. The molecule has 1 aliphatic rings. The zero-order chi connectivity index (χ0) is 13.9. The summed E-state index contributed by atoms with van der Waals surface area (Å²) in [6.07, 6.45) is -0.0233. The fourth-order valence-corrected chi connectivity index (χ4v) is 3.47. The second-order valence-corrected chi connectivity index (χ2v) is 6.12. The lowest BCUT2D eigenvalue weighted by Crippen LogP contribution is -2.39. The van der Waals surface area contributed by atoms with Crippen molar-refractivity contribution in [1.82, 2.24) is 15.3 Å². The number of hydrogen-bond donors (Lipinski definition) is 2. The van der Waals surface area contributed by atoms with E-state index in [1.54, 1.807) is 6.07 Å². The predicted octanol–water partition coefficient (Wildman–Crippen LogP) is 1.86. The minimum absolute atomic E-state index is 0.0203. The molecule has 0 unspecified atom stereocenters. The van der Waals surface area contributed by atoms with Crippen molar-refractivity contribution in [3.8, 4) is 0 Å². The number of halogens is 1. The van der Waals surface area contributed by atoms with Crippen LogP contribution in [0.4, 0.5) is 4.39 Å². The van der Waals surface area contributed by atoms with Crippen LogP contribution >= 0.6 is 11.8 Å². The normalized spacial score (nSPS) is 23.1. The zero-order valence-corrected chi connectivity index (χ0v) is 11.8. The van der Waals surface area contributed by atoms with Gasteiger partial charge in [-0.15, -0.1) is 11.8 Å². The topological polar surface area (TPSA) is 57.8 Å². The van der Waals surface area contributed by atoms with E-state index >= 15 is 0 Å². The van der Waals surface area contributed by atoms with Crippen LogP contribution in [0.2, 0.25) is 0 Å². The Hall–Kier alpha value is -1.40. The first-order chi connectivity index (χ1) is 9.74. The molecule has 0 aliphatic carbocycles. The number of thioether (sulfide) groups is 1. The van der Waals surface area contributed by atoms with E-state index in [0.29, 0.717) is 29.0 Å². The summed E-state index contributed by atoms with van der Waals surface area (Å²) < 4.78 is 13.7. The minimum atomic E-state index is -0.832. The number of para-hydroxylation sites is 1. The maximum atomic E-state index is 13.7. The van der Waals surface area contributed by atoms with Crippen LogP contribution in [0.3, 0.4) is 0 Å². The van der Waals surface area contributed by atoms with Gasteiger partial charge in [0.15, 0.2) is 0 Å². The number of benzene rings is 1. The Morgan fingerprint density at radius 2 is 2.25 bits per heavy atom. The number of nitrogens with one attached hydrogen (secondary N) is 2. The van der Waals surface area contributed by atoms with Crippen LogP contribution in [-0.4, -0.2) is 34.5 Å². The van der Waals surface area contributed by atoms with Gasteiger partial charge in [-0.2, -0.15) is 0 Å². The third-order valence-corrected chi connectivity index (χ3v) is 4.84. The summed E-state index contributed by atoms with van der Waals surface area (Å²) in [5.74, 6) is 1.15. The smallest absolute Gasteiger partial charge is 0.258 e. The van der Waals surface area contributed by atoms with Gasteiger partial charge in [-0.05, 0) is 25.1 Å². The highest BCUT2D eigenvalue weighted by atomic mass is 32.2. The molecule has 1 aromatic carbocycles. The quantitative estimate of drug-likeness (QED) is 0.907. The molecule has 2 N–H and O–H groups in total. The number of rotatable bonds is 3. The van der Waals surface area contributed by atoms with E-state index in [-0.39, 0.29) is 10.8 Å². The average molecular weight is 293 g/mol. The molecule has 0 amide bonds. The van der Waals surface area contributed by atoms with Gasteiger partial charge in [0.2, 0.25) is 0 Å². The van der Waals surface area contributed by atoms with Crippen molar-refractivity contribution in [2.75, 3.05) is 13.1 Å². The van der Waals surface area contributed by atoms with E-state index in [9.17, 15) is 9.18 Å². The summed E-state index contributed by atoms with van der Waals surface area (Å²) in [6, 6.07) is 7.25. The second-order valence-electron chi connectivity index (χ2n) is 4.89. The lowest BCUT2D eigenvalue weighted by Gasteiger charge is -2.25. The molecule has 0 radical (unpaired) electrons. The molecule has 2 aromatic rings. The van der Waals surface area contributed by atoms with Crippen LogP contribution in [0.15, 0.2) is 29.1 Å². The number of nitrogens with zero attached hydrogens (tertiary/aromatic N) is 1. The van der Waals surface area contributed by atoms with Gasteiger partial charge in [0.25, 0.3) is 5.56 Å². The maximum absolute atomic E-state index is 13.7. The third-order valence-electron chi connectivity index (χ3n) is 3.44. The highest BCUT2D eigenvalue weighted by Gasteiger charge is 2.24. The average Bonchev–Trinajstić information content (AvgIpc) is 2.46. The van der Waals surface area contributed by atoms with Gasteiger partial charge in [-0.25, -0.2) is 9.37 Å². The zero-order valence-electron chi connectivity index (χ0n) is 10.9. The van der Waals surface area contributed by atoms with Crippen LogP contribution in [0, 0.1) is 0 Å². The molecule has 1 aliphatic heterocycles. The molecule has 6 heteroatoms. The van der Waals surface area contributed by atoms with Gasteiger partial charge in [-0.1, -0.05) is 12.1 Å². The molecule has 1 fully saturated rings. The van der Waals surface area contributed by atoms with Crippen LogP contribution in [0.5, 0.6) is 0 Å². The van der Waals surface area contributed by atoms with Crippen molar-refractivity contribution in [2.24, 2.45) is 0 Å². The third kappa shape index (κ3) is 2.86. The Labute approximate surface area is 120 Å². The standard InChI is InChI=1S/C14H16FN3OS/c15-10-7-16-6-5-12(10)20-8-13-17-11-4-2-1-3-9(11)14(19)18-13/h1-4,10,12,16H,5-8H2,(H,17,18,19)/t10-,12+/m1/s1. The maximum Gasteiger partial charge on any atom is 0.258 e. The SMILES string of the molecule is O=c1[nH]c(CS[C@H]2CCNC[C@H]2F)nc2ccccc12. The van der Waals surface area contributed by atoms with E-state index in [1.165, 1.54) is 11.8 Å². The molecular weight excluding hydrogens is 277 g/mol. The van der Waals surface area contributed by atoms with Crippen molar-refractivity contribution in [3.05, 3.63) is 40.4 Å². The first-order valence-electron chi connectivity index (χ1n) is 6.68. The predicted molar refractivity (Wildman–Crippen MR) is 79.8 cm³/mol. The van der Waals surface area contributed by atoms with Crippen LogP contribution in [0.25, 0.3) is 10.9 Å². The molecule has 106 valence electrons. The number of fused-ring (bicyclic) bond motifs is 1. The Morgan fingerprint density at radius 1 is 1.40 bits per heavy atom. The van der Waals surface area contributed by atoms with Gasteiger partial charge in [-0.3, -0.25) is 4.79 Å². The van der Waals surface area contributed by atoms with Crippen molar-refractivity contribution in [1.29, 1.82) is 0 Å². The van der Waals surface area contributed by atoms with Crippen molar-refractivity contribution in [3.63, 3.8) is 0 Å². The number of alkyl halides is 1. The van der Waals surface area contributed by atoms with E-state index in [0.717, 1.165) is 13.0 Å². The molecule has 4 nitrogen and oxygen atoms in total. The molecule has 2 atom stereocenters. The monoisotopic (exact) mass is 293 g/mol. The molecular formula is C14H16FN3OS. The van der Waals surface area contributed by atoms with Crippen molar-refractivity contribution in [2.45, 2.75) is 23.6 Å². The van der Waals surface area contributed by atoms with Crippen LogP contribution in [-0.2, 0) is 5.75 Å². The number of H-pyrrole nitrogens is 1. The fourth-order valence-electron chi connectivity index (χ4n) is 2.37. The van der Waals surface area contributed by atoms with Gasteiger partial charge < -0.3 is 10.3 Å². The number of aromatic nitrogens is 2. The van der Waals surface area contributed by atoms with Crippen LogP contribution in [0.1, 0.15) is 12.2 Å². The van der Waals surface area contributed by atoms with Gasteiger partial charge in [0, 0.05) is 11.8 Å². The Kier molecular flexibility index (Phi) is 4.03. The number of aromatic amines is 1. The number of piperidine rings is 1. The summed E-state index contributed by atoms with van der Waals surface area (Å²) in [5.41, 5.74) is 0.558. The summed E-state index contributed by atoms with van der Waals surface area (Å²) in [5, 5.41) is 3.60. The fraction of sp³-hybridized carbons (Fsp3) is 0.429. The van der Waals surface area contributed by atoms with Gasteiger partial charge in [0.05, 0.1) is 16.7 Å². The molecule has 0 spiro atoms. The van der Waals surface area contributed by atoms with E-state index in [4.69, 9.17) is 0 Å². The van der Waals surface area contributed by atoms with Crippen molar-refractivity contribution >= 4 is 22.7 Å². The molecule has 2 heterocycles. The summed E-state index contributed by atoms with van der Waals surface area (Å²) in [4.78, 5) is 19.1. The Morgan fingerprint density at radius 3 is 3.10 bits per heavy atom. The lowest BCUT2D eigenvalue weighted by molar-refractivity contribution is 0.275. The molecule has 1 saturated heterocycles. The summed E-state index contributed by atoms with van der Waals surface area (Å²) in [7, 11) is 0. The highest BCUT2D eigenvalue weighted by Crippen LogP contribution is 2.25. The van der Waals surface area contributed by atoms with E-state index in [2.05, 4.69) is 15.3 Å². The Balaban J connectivity index is 1.76. The lowest BCUT2D eigenvalue weighted by atomic mass is 10.1. The Bertz CT molecular complexity index is 660. The van der Waals surface area contributed by atoms with Crippen LogP contribution < -0.4 is 10.9 Å². The molecule has 0 bridgehead atoms. The summed E-state index contributed by atoms with van der Waals surface area (Å²) in [6.45, 7) is 1.26. The van der Waals surface area contributed by atoms with Gasteiger partial charge in [0.1, 0.15) is 12.0 Å². The van der Waals surface area contributed by atoms with Gasteiger partial charge >= 0.3 is 0 Å². The van der Waals surface area contributed by atoms with Crippen molar-refractivity contribution < 1.29 is 4.39 Å². The molecule has 0 saturated carbocycles. The number of hydrogen-bond acceptors (Lipinski definition) is 4.